The van der Waals surface area contributed by atoms with Gasteiger partial charge in [-0.3, -0.25) is 9.48 Å². The average molecular weight is 280 g/mol. The second kappa shape index (κ2) is 5.94. The molecule has 0 spiro atoms. The van der Waals surface area contributed by atoms with Crippen molar-refractivity contribution in [3.05, 3.63) is 28.5 Å². The third kappa shape index (κ3) is 2.99. The van der Waals surface area contributed by atoms with Crippen molar-refractivity contribution in [1.29, 1.82) is 0 Å². The van der Waals surface area contributed by atoms with Gasteiger partial charge < -0.3 is 9.64 Å². The quantitative estimate of drug-likeness (QED) is 0.743. The predicted molar refractivity (Wildman–Crippen MR) is 72.9 cm³/mol. The fourth-order valence-electron chi connectivity index (χ4n) is 1.66. The van der Waals surface area contributed by atoms with Crippen molar-refractivity contribution in [2.75, 3.05) is 27.7 Å². The van der Waals surface area contributed by atoms with Gasteiger partial charge in [-0.15, -0.1) is 11.3 Å². The van der Waals surface area contributed by atoms with Gasteiger partial charge in [-0.25, -0.2) is 4.98 Å². The highest BCUT2D eigenvalue weighted by molar-refractivity contribution is 7.07. The molecule has 0 radical (unpaired) electrons. The minimum absolute atomic E-state index is 0.158. The fourth-order valence-corrected chi connectivity index (χ4v) is 2.19. The normalized spacial score (nSPS) is 10.9. The van der Waals surface area contributed by atoms with E-state index in [0.29, 0.717) is 23.7 Å². The first-order valence-corrected chi connectivity index (χ1v) is 6.75. The van der Waals surface area contributed by atoms with E-state index in [1.54, 1.807) is 21.8 Å². The zero-order chi connectivity index (χ0) is 13.8. The number of nitrogens with zero attached hydrogens (tertiary/aromatic N) is 4. The van der Waals surface area contributed by atoms with Crippen LogP contribution < -0.4 is 4.74 Å². The number of ether oxygens (including phenoxy) is 1. The van der Waals surface area contributed by atoms with Crippen LogP contribution in [0.2, 0.25) is 0 Å². The number of rotatable bonds is 6. The van der Waals surface area contributed by atoms with Crippen molar-refractivity contribution in [2.45, 2.75) is 6.54 Å². The molecule has 0 aromatic carbocycles. The molecule has 0 aliphatic rings. The molecule has 0 fully saturated rings. The number of hydrogen-bond acceptors (Lipinski definition) is 6. The number of methoxy groups -OCH3 is 1. The molecule has 0 bridgehead atoms. The molecular weight excluding hydrogens is 264 g/mol. The summed E-state index contributed by atoms with van der Waals surface area (Å²) in [5, 5.41) is 5.94. The lowest BCUT2D eigenvalue weighted by molar-refractivity contribution is 0.102. The van der Waals surface area contributed by atoms with Gasteiger partial charge in [-0.2, -0.15) is 5.10 Å². The summed E-state index contributed by atoms with van der Waals surface area (Å²) in [6.45, 7) is 1.42. The van der Waals surface area contributed by atoms with Gasteiger partial charge in [0.2, 0.25) is 5.78 Å². The standard InChI is InChI=1S/C12H16N4O2S/c1-15(2)4-5-16-11(10(18-3)6-14-16)12(17)9-7-19-8-13-9/h6-8H,4-5H2,1-3H3. The molecule has 0 saturated carbocycles. The second-order valence-corrected chi connectivity index (χ2v) is 5.01. The van der Waals surface area contributed by atoms with Gasteiger partial charge in [0.25, 0.3) is 0 Å². The number of ketones is 1. The predicted octanol–water partition coefficient (Wildman–Crippen LogP) is 1.14. The molecule has 0 amide bonds. The zero-order valence-corrected chi connectivity index (χ0v) is 12.0. The number of aromatic nitrogens is 3. The topological polar surface area (TPSA) is 60.2 Å². The van der Waals surface area contributed by atoms with Crippen molar-refractivity contribution in [1.82, 2.24) is 19.7 Å². The molecule has 2 heterocycles. The van der Waals surface area contributed by atoms with Crippen molar-refractivity contribution in [3.8, 4) is 5.75 Å². The Kier molecular flexibility index (Phi) is 4.28. The molecular formula is C12H16N4O2S. The van der Waals surface area contributed by atoms with Crippen LogP contribution in [0.5, 0.6) is 5.75 Å². The van der Waals surface area contributed by atoms with Gasteiger partial charge in [0.05, 0.1) is 25.4 Å². The molecule has 7 heteroatoms. The Bertz CT molecular complexity index is 548. The van der Waals surface area contributed by atoms with Crippen molar-refractivity contribution in [2.24, 2.45) is 0 Å². The maximum atomic E-state index is 12.4. The summed E-state index contributed by atoms with van der Waals surface area (Å²) in [7, 11) is 5.48. The average Bonchev–Trinajstić information content (AvgIpc) is 3.04. The number of carbonyl (C=O) groups excluding carboxylic acids is 1. The van der Waals surface area contributed by atoms with Crippen molar-refractivity contribution in [3.63, 3.8) is 0 Å². The van der Waals surface area contributed by atoms with Crippen LogP contribution in [0.1, 0.15) is 16.2 Å². The summed E-state index contributed by atoms with van der Waals surface area (Å²) < 4.78 is 6.88. The number of hydrogen-bond donors (Lipinski definition) is 0. The van der Waals surface area contributed by atoms with E-state index in [1.165, 1.54) is 18.4 Å². The SMILES string of the molecule is COc1cnn(CCN(C)C)c1C(=O)c1cscn1. The first-order valence-electron chi connectivity index (χ1n) is 5.81. The molecule has 102 valence electrons. The molecule has 0 aliphatic carbocycles. The maximum Gasteiger partial charge on any atom is 0.234 e. The molecule has 2 aromatic heterocycles. The molecule has 0 unspecified atom stereocenters. The summed E-state index contributed by atoms with van der Waals surface area (Å²) in [6, 6.07) is 0. The van der Waals surface area contributed by atoms with Crippen LogP contribution in [0, 0.1) is 0 Å². The van der Waals surface area contributed by atoms with Crippen LogP contribution in [0.25, 0.3) is 0 Å². The molecule has 0 aliphatic heterocycles. The van der Waals surface area contributed by atoms with Crippen LogP contribution in [0.3, 0.4) is 0 Å². The highest BCUT2D eigenvalue weighted by Crippen LogP contribution is 2.21. The van der Waals surface area contributed by atoms with Crippen LogP contribution in [-0.4, -0.2) is 53.2 Å². The Hall–Kier alpha value is -1.73. The van der Waals surface area contributed by atoms with Crippen LogP contribution >= 0.6 is 11.3 Å². The van der Waals surface area contributed by atoms with Gasteiger partial charge in [0, 0.05) is 11.9 Å². The minimum atomic E-state index is -0.158. The summed E-state index contributed by atoms with van der Waals surface area (Å²) in [4.78, 5) is 18.5. The van der Waals surface area contributed by atoms with Crippen LogP contribution in [0.4, 0.5) is 0 Å². The van der Waals surface area contributed by atoms with E-state index in [0.717, 1.165) is 6.54 Å². The molecule has 0 saturated heterocycles. The van der Waals surface area contributed by atoms with E-state index < -0.39 is 0 Å². The summed E-state index contributed by atoms with van der Waals surface area (Å²) in [5.41, 5.74) is 2.52. The number of thiazole rings is 1. The number of carbonyl (C=O) groups is 1. The van der Waals surface area contributed by atoms with Crippen molar-refractivity contribution >= 4 is 17.1 Å². The van der Waals surface area contributed by atoms with E-state index in [4.69, 9.17) is 4.74 Å². The summed E-state index contributed by atoms with van der Waals surface area (Å²) in [5.74, 6) is 0.325. The zero-order valence-electron chi connectivity index (χ0n) is 11.2. The van der Waals surface area contributed by atoms with Gasteiger partial charge in [-0.05, 0) is 14.1 Å². The minimum Gasteiger partial charge on any atom is -0.493 e. The molecule has 2 rings (SSSR count). The summed E-state index contributed by atoms with van der Waals surface area (Å²) >= 11 is 1.39. The van der Waals surface area contributed by atoms with Gasteiger partial charge in [0.15, 0.2) is 11.4 Å². The smallest absolute Gasteiger partial charge is 0.234 e. The first-order chi connectivity index (χ1) is 9.13. The summed E-state index contributed by atoms with van der Waals surface area (Å²) in [6.07, 6.45) is 1.56. The van der Waals surface area contributed by atoms with Crippen LogP contribution in [0.15, 0.2) is 17.1 Å². The van der Waals surface area contributed by atoms with Gasteiger partial charge >= 0.3 is 0 Å². The van der Waals surface area contributed by atoms with E-state index in [2.05, 4.69) is 10.1 Å². The molecule has 0 atom stereocenters. The highest BCUT2D eigenvalue weighted by atomic mass is 32.1. The monoisotopic (exact) mass is 280 g/mol. The van der Waals surface area contributed by atoms with E-state index in [1.807, 2.05) is 19.0 Å². The molecule has 2 aromatic rings. The van der Waals surface area contributed by atoms with E-state index >= 15 is 0 Å². The van der Waals surface area contributed by atoms with E-state index in [9.17, 15) is 4.79 Å². The lowest BCUT2D eigenvalue weighted by Gasteiger charge is -2.11. The Morgan fingerprint density at radius 3 is 2.89 bits per heavy atom. The lowest BCUT2D eigenvalue weighted by Crippen LogP contribution is -2.22. The highest BCUT2D eigenvalue weighted by Gasteiger charge is 2.22. The fraction of sp³-hybridized carbons (Fsp3) is 0.417. The third-order valence-electron chi connectivity index (χ3n) is 2.66. The molecule has 19 heavy (non-hydrogen) atoms. The largest absolute Gasteiger partial charge is 0.493 e. The van der Waals surface area contributed by atoms with E-state index in [-0.39, 0.29) is 5.78 Å². The Labute approximate surface area is 115 Å². The third-order valence-corrected chi connectivity index (χ3v) is 3.25. The lowest BCUT2D eigenvalue weighted by atomic mass is 10.2. The molecule has 6 nitrogen and oxygen atoms in total. The maximum absolute atomic E-state index is 12.4. The Morgan fingerprint density at radius 2 is 2.32 bits per heavy atom. The first kappa shape index (κ1) is 13.7. The second-order valence-electron chi connectivity index (χ2n) is 4.29. The van der Waals surface area contributed by atoms with Gasteiger partial charge in [0.1, 0.15) is 5.69 Å². The Morgan fingerprint density at radius 1 is 1.53 bits per heavy atom. The van der Waals surface area contributed by atoms with Gasteiger partial charge in [-0.1, -0.05) is 0 Å². The molecule has 0 N–H and O–H groups in total. The Balaban J connectivity index is 2.31. The van der Waals surface area contributed by atoms with Crippen molar-refractivity contribution < 1.29 is 9.53 Å². The number of likely N-dealkylation sites (N-methyl/N-ethyl adjacent to an activating group) is 1. The van der Waals surface area contributed by atoms with Crippen LogP contribution in [-0.2, 0) is 6.54 Å².